The Hall–Kier alpha value is -0.540. The van der Waals surface area contributed by atoms with Crippen molar-refractivity contribution < 1.29 is 5.11 Å². The van der Waals surface area contributed by atoms with Crippen LogP contribution in [0.3, 0.4) is 0 Å². The molecule has 3 N–H and O–H groups in total. The van der Waals surface area contributed by atoms with E-state index in [4.69, 9.17) is 5.11 Å². The maximum absolute atomic E-state index is 8.73. The summed E-state index contributed by atoms with van der Waals surface area (Å²) in [4.78, 5) is 0. The van der Waals surface area contributed by atoms with E-state index in [9.17, 15) is 0 Å². The lowest BCUT2D eigenvalue weighted by Gasteiger charge is -2.00. The van der Waals surface area contributed by atoms with Crippen LogP contribution in [0.2, 0.25) is 0 Å². The highest BCUT2D eigenvalue weighted by Gasteiger charge is 2.09. The molecule has 0 aromatic heterocycles. The molecule has 0 radical (unpaired) electrons. The summed E-state index contributed by atoms with van der Waals surface area (Å²) in [6.07, 6.45) is 0. The summed E-state index contributed by atoms with van der Waals surface area (Å²) in [5, 5.41) is 14.9. The molecule has 3 nitrogen and oxygen atoms in total. The number of hydrogen-bond donors (Lipinski definition) is 3. The van der Waals surface area contributed by atoms with Crippen LogP contribution < -0.4 is 10.6 Å². The molecule has 1 aliphatic heterocycles. The van der Waals surface area contributed by atoms with E-state index >= 15 is 0 Å². The van der Waals surface area contributed by atoms with Gasteiger partial charge in [-0.3, -0.25) is 0 Å². The summed E-state index contributed by atoms with van der Waals surface area (Å²) in [5.74, 6) is 0. The van der Waals surface area contributed by atoms with Gasteiger partial charge in [0.15, 0.2) is 0 Å². The standard InChI is InChI=1S/C6H12N2O/c1-7-6-3-8-2-5(6)4-9/h7-9H,2-4H2,1H3. The Morgan fingerprint density at radius 1 is 1.67 bits per heavy atom. The highest BCUT2D eigenvalue weighted by molar-refractivity contribution is 5.20. The summed E-state index contributed by atoms with van der Waals surface area (Å²) < 4.78 is 0. The number of aliphatic hydroxyl groups is 1. The number of rotatable bonds is 2. The Labute approximate surface area is 54.8 Å². The van der Waals surface area contributed by atoms with Gasteiger partial charge in [-0.05, 0) is 5.57 Å². The molecule has 3 heteroatoms. The second-order valence-corrected chi connectivity index (χ2v) is 2.09. The fourth-order valence-electron chi connectivity index (χ4n) is 0.987. The summed E-state index contributed by atoms with van der Waals surface area (Å²) in [6, 6.07) is 0. The van der Waals surface area contributed by atoms with E-state index in [0.29, 0.717) is 0 Å². The number of nitrogens with one attached hydrogen (secondary N) is 2. The smallest absolute Gasteiger partial charge is 0.0674 e. The van der Waals surface area contributed by atoms with Crippen molar-refractivity contribution >= 4 is 0 Å². The summed E-state index contributed by atoms with van der Waals surface area (Å²) >= 11 is 0. The fraction of sp³-hybridized carbons (Fsp3) is 0.667. The van der Waals surface area contributed by atoms with E-state index in [1.807, 2.05) is 7.05 Å². The predicted molar refractivity (Wildman–Crippen MR) is 36.0 cm³/mol. The molecule has 1 heterocycles. The molecule has 0 aromatic carbocycles. The van der Waals surface area contributed by atoms with Gasteiger partial charge in [0, 0.05) is 25.8 Å². The minimum absolute atomic E-state index is 0.170. The van der Waals surface area contributed by atoms with E-state index in [-0.39, 0.29) is 6.61 Å². The van der Waals surface area contributed by atoms with E-state index in [1.165, 1.54) is 0 Å². The summed E-state index contributed by atoms with van der Waals surface area (Å²) in [7, 11) is 1.87. The van der Waals surface area contributed by atoms with Gasteiger partial charge in [0.2, 0.25) is 0 Å². The van der Waals surface area contributed by atoms with Crippen LogP contribution in [-0.2, 0) is 0 Å². The number of likely N-dealkylation sites (N-methyl/N-ethyl adjacent to an activating group) is 1. The van der Waals surface area contributed by atoms with Crippen LogP contribution in [0, 0.1) is 0 Å². The average molecular weight is 128 g/mol. The van der Waals surface area contributed by atoms with Gasteiger partial charge in [-0.1, -0.05) is 0 Å². The maximum atomic E-state index is 8.73. The third kappa shape index (κ3) is 1.23. The molecule has 0 bridgehead atoms. The lowest BCUT2D eigenvalue weighted by molar-refractivity contribution is 0.328. The van der Waals surface area contributed by atoms with Gasteiger partial charge >= 0.3 is 0 Å². The first-order chi connectivity index (χ1) is 4.38. The first-order valence-electron chi connectivity index (χ1n) is 3.08. The Morgan fingerprint density at radius 2 is 2.44 bits per heavy atom. The lowest BCUT2D eigenvalue weighted by Crippen LogP contribution is -2.14. The van der Waals surface area contributed by atoms with E-state index in [0.717, 1.165) is 24.4 Å². The normalized spacial score (nSPS) is 18.9. The zero-order valence-corrected chi connectivity index (χ0v) is 5.57. The molecule has 0 amide bonds. The van der Waals surface area contributed by atoms with Crippen molar-refractivity contribution in [3.8, 4) is 0 Å². The number of aliphatic hydroxyl groups excluding tert-OH is 1. The molecule has 0 aromatic rings. The molecule has 0 spiro atoms. The van der Waals surface area contributed by atoms with Crippen LogP contribution in [-0.4, -0.2) is 31.9 Å². The molecule has 0 fully saturated rings. The number of hydrogen-bond acceptors (Lipinski definition) is 3. The highest BCUT2D eigenvalue weighted by atomic mass is 16.3. The van der Waals surface area contributed by atoms with Crippen molar-refractivity contribution in [1.29, 1.82) is 0 Å². The molecule has 1 aliphatic rings. The quantitative estimate of drug-likeness (QED) is 0.449. The first kappa shape index (κ1) is 6.58. The lowest BCUT2D eigenvalue weighted by atomic mass is 10.2. The van der Waals surface area contributed by atoms with Crippen molar-refractivity contribution in [2.24, 2.45) is 0 Å². The van der Waals surface area contributed by atoms with Gasteiger partial charge in [0.25, 0.3) is 0 Å². The highest BCUT2D eigenvalue weighted by Crippen LogP contribution is 2.03. The SMILES string of the molecule is CNC1=C(CO)CNC1. The monoisotopic (exact) mass is 128 g/mol. The molecule has 0 saturated carbocycles. The molecular weight excluding hydrogens is 116 g/mol. The Kier molecular flexibility index (Phi) is 2.08. The van der Waals surface area contributed by atoms with Crippen LogP contribution >= 0.6 is 0 Å². The van der Waals surface area contributed by atoms with Crippen molar-refractivity contribution in [3.05, 3.63) is 11.3 Å². The van der Waals surface area contributed by atoms with Gasteiger partial charge in [0.1, 0.15) is 0 Å². The van der Waals surface area contributed by atoms with Crippen molar-refractivity contribution in [2.75, 3.05) is 26.7 Å². The first-order valence-corrected chi connectivity index (χ1v) is 3.08. The third-order valence-corrected chi connectivity index (χ3v) is 1.56. The minimum atomic E-state index is 0.170. The Bertz CT molecular complexity index is 117. The van der Waals surface area contributed by atoms with Gasteiger partial charge in [-0.2, -0.15) is 0 Å². The molecule has 0 unspecified atom stereocenters. The minimum Gasteiger partial charge on any atom is -0.392 e. The average Bonchev–Trinajstić information content (AvgIpc) is 2.33. The van der Waals surface area contributed by atoms with Crippen LogP contribution in [0.4, 0.5) is 0 Å². The predicted octanol–water partition coefficient (Wildman–Crippen LogP) is -0.945. The largest absolute Gasteiger partial charge is 0.392 e. The van der Waals surface area contributed by atoms with Crippen molar-refractivity contribution in [3.63, 3.8) is 0 Å². The van der Waals surface area contributed by atoms with Gasteiger partial charge < -0.3 is 15.7 Å². The van der Waals surface area contributed by atoms with Gasteiger partial charge in [-0.15, -0.1) is 0 Å². The zero-order valence-electron chi connectivity index (χ0n) is 5.57. The van der Waals surface area contributed by atoms with Crippen molar-refractivity contribution in [2.45, 2.75) is 0 Å². The molecule has 0 atom stereocenters. The van der Waals surface area contributed by atoms with Crippen LogP contribution in [0.25, 0.3) is 0 Å². The third-order valence-electron chi connectivity index (χ3n) is 1.56. The molecule has 0 saturated heterocycles. The zero-order chi connectivity index (χ0) is 6.69. The Balaban J connectivity index is 2.59. The fourth-order valence-corrected chi connectivity index (χ4v) is 0.987. The second kappa shape index (κ2) is 2.85. The topological polar surface area (TPSA) is 44.3 Å². The van der Waals surface area contributed by atoms with Crippen LogP contribution in [0.15, 0.2) is 11.3 Å². The van der Waals surface area contributed by atoms with E-state index in [2.05, 4.69) is 10.6 Å². The van der Waals surface area contributed by atoms with Crippen LogP contribution in [0.1, 0.15) is 0 Å². The van der Waals surface area contributed by atoms with Crippen LogP contribution in [0.5, 0.6) is 0 Å². The molecule has 0 aliphatic carbocycles. The molecule has 52 valence electrons. The van der Waals surface area contributed by atoms with E-state index < -0.39 is 0 Å². The Morgan fingerprint density at radius 3 is 2.89 bits per heavy atom. The van der Waals surface area contributed by atoms with Gasteiger partial charge in [-0.25, -0.2) is 0 Å². The maximum Gasteiger partial charge on any atom is 0.0674 e. The molecule has 1 rings (SSSR count). The van der Waals surface area contributed by atoms with Crippen molar-refractivity contribution in [1.82, 2.24) is 10.6 Å². The molecule has 9 heavy (non-hydrogen) atoms. The summed E-state index contributed by atoms with van der Waals surface area (Å²) in [6.45, 7) is 1.86. The second-order valence-electron chi connectivity index (χ2n) is 2.09. The van der Waals surface area contributed by atoms with Gasteiger partial charge in [0.05, 0.1) is 6.61 Å². The summed E-state index contributed by atoms with van der Waals surface area (Å²) in [5.41, 5.74) is 2.22. The van der Waals surface area contributed by atoms with E-state index in [1.54, 1.807) is 0 Å². The molecular formula is C6H12N2O.